The van der Waals surface area contributed by atoms with E-state index in [1.54, 1.807) is 35.0 Å². The zero-order valence-electron chi connectivity index (χ0n) is 7.51. The second-order valence-corrected chi connectivity index (χ2v) is 4.53. The van der Waals surface area contributed by atoms with Crippen LogP contribution in [0.15, 0.2) is 35.0 Å². The molecule has 0 saturated heterocycles. The molecular formula is C10H6O3S2. The monoisotopic (exact) mass is 238 g/mol. The van der Waals surface area contributed by atoms with E-state index in [1.807, 2.05) is 0 Å². The molecule has 2 aromatic rings. The summed E-state index contributed by atoms with van der Waals surface area (Å²) in [6.07, 6.45) is 0. The highest BCUT2D eigenvalue weighted by Gasteiger charge is 2.15. The Morgan fingerprint density at radius 2 is 1.40 bits per heavy atom. The number of rotatable bonds is 2. The lowest BCUT2D eigenvalue weighted by molar-refractivity contribution is 0.0405. The molecule has 2 rings (SSSR count). The van der Waals surface area contributed by atoms with Gasteiger partial charge in [-0.2, -0.15) is 0 Å². The topological polar surface area (TPSA) is 43.4 Å². The Balaban J connectivity index is 2.04. The molecule has 76 valence electrons. The minimum atomic E-state index is -0.594. The Bertz CT molecular complexity index is 413. The van der Waals surface area contributed by atoms with Crippen molar-refractivity contribution in [3.05, 3.63) is 44.8 Å². The second kappa shape index (κ2) is 4.37. The van der Waals surface area contributed by atoms with E-state index in [4.69, 9.17) is 0 Å². The van der Waals surface area contributed by atoms with Crippen LogP contribution >= 0.6 is 22.7 Å². The summed E-state index contributed by atoms with van der Waals surface area (Å²) in [5.41, 5.74) is 0. The fraction of sp³-hybridized carbons (Fsp3) is 0. The van der Waals surface area contributed by atoms with Gasteiger partial charge >= 0.3 is 11.9 Å². The van der Waals surface area contributed by atoms with Gasteiger partial charge in [0.15, 0.2) is 0 Å². The molecular weight excluding hydrogens is 232 g/mol. The van der Waals surface area contributed by atoms with E-state index < -0.39 is 11.9 Å². The zero-order chi connectivity index (χ0) is 10.7. The molecule has 0 aromatic carbocycles. The van der Waals surface area contributed by atoms with Crippen molar-refractivity contribution < 1.29 is 14.3 Å². The molecule has 0 amide bonds. The molecule has 0 spiro atoms. The van der Waals surface area contributed by atoms with Crippen molar-refractivity contribution in [3.8, 4) is 0 Å². The first kappa shape index (κ1) is 10.1. The number of carbonyl (C=O) groups excluding carboxylic acids is 2. The summed E-state index contributed by atoms with van der Waals surface area (Å²) < 4.78 is 4.68. The van der Waals surface area contributed by atoms with Gasteiger partial charge in [-0.15, -0.1) is 22.7 Å². The number of esters is 2. The first-order chi connectivity index (χ1) is 7.27. The van der Waals surface area contributed by atoms with Gasteiger partial charge in [-0.05, 0) is 22.9 Å². The lowest BCUT2D eigenvalue weighted by Gasteiger charge is -1.97. The van der Waals surface area contributed by atoms with Crippen LogP contribution in [0.3, 0.4) is 0 Å². The number of hydrogen-bond acceptors (Lipinski definition) is 5. The van der Waals surface area contributed by atoms with Crippen LogP contribution in [0.1, 0.15) is 19.3 Å². The first-order valence-electron chi connectivity index (χ1n) is 4.11. The third-order valence-corrected chi connectivity index (χ3v) is 3.33. The summed E-state index contributed by atoms with van der Waals surface area (Å²) in [5.74, 6) is -1.19. The van der Waals surface area contributed by atoms with Gasteiger partial charge in [-0.3, -0.25) is 0 Å². The molecule has 2 heterocycles. The maximum atomic E-state index is 11.4. The fourth-order valence-corrected chi connectivity index (χ4v) is 2.17. The van der Waals surface area contributed by atoms with E-state index in [1.165, 1.54) is 22.7 Å². The van der Waals surface area contributed by atoms with Crippen LogP contribution in [0.25, 0.3) is 0 Å². The van der Waals surface area contributed by atoms with Gasteiger partial charge in [0, 0.05) is 0 Å². The maximum Gasteiger partial charge on any atom is 0.356 e. The summed E-state index contributed by atoms with van der Waals surface area (Å²) in [6, 6.07) is 6.71. The van der Waals surface area contributed by atoms with Crippen molar-refractivity contribution in [2.45, 2.75) is 0 Å². The number of carbonyl (C=O) groups is 2. The summed E-state index contributed by atoms with van der Waals surface area (Å²) >= 11 is 2.49. The maximum absolute atomic E-state index is 11.4. The molecule has 0 aliphatic rings. The van der Waals surface area contributed by atoms with Crippen LogP contribution < -0.4 is 0 Å². The quantitative estimate of drug-likeness (QED) is 0.597. The SMILES string of the molecule is O=C(OC(=O)c1cccs1)c1cccs1. The fourth-order valence-electron chi connectivity index (χ4n) is 0.974. The highest BCUT2D eigenvalue weighted by Crippen LogP contribution is 2.14. The van der Waals surface area contributed by atoms with Crippen LogP contribution in [-0.4, -0.2) is 11.9 Å². The van der Waals surface area contributed by atoms with E-state index >= 15 is 0 Å². The van der Waals surface area contributed by atoms with E-state index in [2.05, 4.69) is 4.74 Å². The highest BCUT2D eigenvalue weighted by atomic mass is 32.1. The lowest BCUT2D eigenvalue weighted by Crippen LogP contribution is -2.10. The minimum Gasteiger partial charge on any atom is -0.384 e. The molecule has 0 N–H and O–H groups in total. The molecule has 2 aromatic heterocycles. The molecule has 0 aliphatic carbocycles. The lowest BCUT2D eigenvalue weighted by atomic mass is 10.4. The third kappa shape index (κ3) is 2.31. The Morgan fingerprint density at radius 1 is 0.933 bits per heavy atom. The van der Waals surface area contributed by atoms with Crippen molar-refractivity contribution in [3.63, 3.8) is 0 Å². The summed E-state index contributed by atoms with van der Waals surface area (Å²) in [4.78, 5) is 23.6. The Labute approximate surface area is 93.9 Å². The Kier molecular flexibility index (Phi) is 2.94. The molecule has 0 atom stereocenters. The molecule has 0 aliphatic heterocycles. The van der Waals surface area contributed by atoms with E-state index in [-0.39, 0.29) is 0 Å². The van der Waals surface area contributed by atoms with Crippen LogP contribution in [0.5, 0.6) is 0 Å². The smallest absolute Gasteiger partial charge is 0.356 e. The van der Waals surface area contributed by atoms with E-state index in [0.29, 0.717) is 9.75 Å². The summed E-state index contributed by atoms with van der Waals surface area (Å²) in [6.45, 7) is 0. The predicted octanol–water partition coefficient (Wildman–Crippen LogP) is 2.81. The molecule has 0 fully saturated rings. The summed E-state index contributed by atoms with van der Waals surface area (Å²) in [7, 11) is 0. The molecule has 0 radical (unpaired) electrons. The number of hydrogen-bond donors (Lipinski definition) is 0. The van der Waals surface area contributed by atoms with Crippen molar-refractivity contribution in [1.29, 1.82) is 0 Å². The van der Waals surface area contributed by atoms with Crippen molar-refractivity contribution in [1.82, 2.24) is 0 Å². The second-order valence-electron chi connectivity index (χ2n) is 2.63. The Hall–Kier alpha value is -1.46. The van der Waals surface area contributed by atoms with E-state index in [9.17, 15) is 9.59 Å². The standard InChI is InChI=1S/C10H6O3S2/c11-9(7-3-1-5-14-7)13-10(12)8-4-2-6-15-8/h1-6H. The van der Waals surface area contributed by atoms with Gasteiger partial charge in [0.1, 0.15) is 9.75 Å². The Morgan fingerprint density at radius 3 is 1.73 bits per heavy atom. The number of thiophene rings is 2. The average molecular weight is 238 g/mol. The van der Waals surface area contributed by atoms with Crippen molar-refractivity contribution in [2.24, 2.45) is 0 Å². The van der Waals surface area contributed by atoms with Crippen molar-refractivity contribution >= 4 is 34.6 Å². The van der Waals surface area contributed by atoms with Gasteiger partial charge in [0.05, 0.1) is 0 Å². The van der Waals surface area contributed by atoms with Gasteiger partial charge < -0.3 is 4.74 Å². The molecule has 0 saturated carbocycles. The average Bonchev–Trinajstić information content (AvgIpc) is 2.91. The highest BCUT2D eigenvalue weighted by molar-refractivity contribution is 7.12. The largest absolute Gasteiger partial charge is 0.384 e. The van der Waals surface area contributed by atoms with Crippen LogP contribution in [0, 0.1) is 0 Å². The molecule has 0 unspecified atom stereocenters. The third-order valence-electron chi connectivity index (χ3n) is 1.63. The summed E-state index contributed by atoms with van der Waals surface area (Å²) in [5, 5.41) is 3.51. The van der Waals surface area contributed by atoms with Crippen LogP contribution in [-0.2, 0) is 4.74 Å². The molecule has 0 bridgehead atoms. The molecule has 15 heavy (non-hydrogen) atoms. The van der Waals surface area contributed by atoms with Gasteiger partial charge in [-0.1, -0.05) is 12.1 Å². The predicted molar refractivity (Wildman–Crippen MR) is 58.4 cm³/mol. The minimum absolute atomic E-state index is 0.430. The number of ether oxygens (including phenoxy) is 1. The van der Waals surface area contributed by atoms with E-state index in [0.717, 1.165) is 0 Å². The first-order valence-corrected chi connectivity index (χ1v) is 5.87. The zero-order valence-corrected chi connectivity index (χ0v) is 9.14. The van der Waals surface area contributed by atoms with Gasteiger partial charge in [-0.25, -0.2) is 9.59 Å². The van der Waals surface area contributed by atoms with Crippen molar-refractivity contribution in [2.75, 3.05) is 0 Å². The molecule has 3 nitrogen and oxygen atoms in total. The van der Waals surface area contributed by atoms with Gasteiger partial charge in [0.25, 0.3) is 0 Å². The van der Waals surface area contributed by atoms with Gasteiger partial charge in [0.2, 0.25) is 0 Å². The van der Waals surface area contributed by atoms with Crippen LogP contribution in [0.4, 0.5) is 0 Å². The normalized spacial score (nSPS) is 9.87. The molecule has 5 heteroatoms. The van der Waals surface area contributed by atoms with Crippen LogP contribution in [0.2, 0.25) is 0 Å².